The number of halogens is 2. The number of nitro benzene ring substituents is 1. The number of nitro groups is 1. The van der Waals surface area contributed by atoms with Crippen LogP contribution >= 0.6 is 11.6 Å². The summed E-state index contributed by atoms with van der Waals surface area (Å²) in [6.07, 6.45) is 1.38. The molecular formula is C12H7ClFN3O3. The molecular weight excluding hydrogens is 289 g/mol. The summed E-state index contributed by atoms with van der Waals surface area (Å²) in [6, 6.07) is 5.66. The Balaban J connectivity index is 2.23. The van der Waals surface area contributed by atoms with E-state index in [1.165, 1.54) is 18.3 Å². The highest BCUT2D eigenvalue weighted by atomic mass is 35.5. The minimum absolute atomic E-state index is 0.173. The number of rotatable bonds is 3. The third-order valence-electron chi connectivity index (χ3n) is 2.39. The second-order valence-corrected chi connectivity index (χ2v) is 4.13. The molecule has 1 N–H and O–H groups in total. The summed E-state index contributed by atoms with van der Waals surface area (Å²) >= 11 is 5.65. The Bertz CT molecular complexity index is 693. The molecule has 20 heavy (non-hydrogen) atoms. The summed E-state index contributed by atoms with van der Waals surface area (Å²) < 4.78 is 13.6. The van der Waals surface area contributed by atoms with E-state index in [1.807, 2.05) is 0 Å². The van der Waals surface area contributed by atoms with E-state index in [0.717, 1.165) is 12.1 Å². The van der Waals surface area contributed by atoms with Crippen molar-refractivity contribution in [2.75, 3.05) is 5.32 Å². The van der Waals surface area contributed by atoms with Gasteiger partial charge in [-0.1, -0.05) is 11.6 Å². The molecule has 0 saturated heterocycles. The number of benzene rings is 1. The molecule has 8 heteroatoms. The van der Waals surface area contributed by atoms with E-state index < -0.39 is 22.3 Å². The highest BCUT2D eigenvalue weighted by Gasteiger charge is 2.16. The maximum absolute atomic E-state index is 13.6. The molecule has 0 radical (unpaired) electrons. The Hall–Kier alpha value is -2.54. The van der Waals surface area contributed by atoms with Crippen molar-refractivity contribution in [2.45, 2.75) is 0 Å². The lowest BCUT2D eigenvalue weighted by Gasteiger charge is -2.06. The minimum Gasteiger partial charge on any atom is -0.322 e. The average Bonchev–Trinajstić information content (AvgIpc) is 2.38. The summed E-state index contributed by atoms with van der Waals surface area (Å²) in [4.78, 5) is 25.3. The molecule has 0 aliphatic heterocycles. The molecule has 0 fully saturated rings. The fourth-order valence-electron chi connectivity index (χ4n) is 1.48. The second kappa shape index (κ2) is 5.62. The number of non-ortho nitro benzene ring substituents is 1. The normalized spacial score (nSPS) is 10.1. The van der Waals surface area contributed by atoms with E-state index in [2.05, 4.69) is 10.3 Å². The molecule has 102 valence electrons. The second-order valence-electron chi connectivity index (χ2n) is 3.74. The summed E-state index contributed by atoms with van der Waals surface area (Å²) in [5, 5.41) is 13.1. The first-order valence-corrected chi connectivity index (χ1v) is 5.72. The molecule has 1 aromatic carbocycles. The summed E-state index contributed by atoms with van der Waals surface area (Å²) in [5.41, 5.74) is -0.387. The number of aromatic nitrogens is 1. The first-order valence-electron chi connectivity index (χ1n) is 5.34. The van der Waals surface area contributed by atoms with Crippen LogP contribution in [0.1, 0.15) is 10.4 Å². The number of pyridine rings is 1. The van der Waals surface area contributed by atoms with Crippen LogP contribution in [-0.2, 0) is 0 Å². The number of nitrogens with one attached hydrogen (secondary N) is 1. The highest BCUT2D eigenvalue weighted by molar-refractivity contribution is 6.29. The van der Waals surface area contributed by atoms with Crippen LogP contribution in [-0.4, -0.2) is 15.8 Å². The number of anilines is 1. The van der Waals surface area contributed by atoms with Crippen molar-refractivity contribution < 1.29 is 14.1 Å². The van der Waals surface area contributed by atoms with Gasteiger partial charge in [0.15, 0.2) is 0 Å². The molecule has 1 amide bonds. The van der Waals surface area contributed by atoms with Gasteiger partial charge >= 0.3 is 0 Å². The van der Waals surface area contributed by atoms with Crippen LogP contribution < -0.4 is 5.32 Å². The van der Waals surface area contributed by atoms with Crippen molar-refractivity contribution in [3.63, 3.8) is 0 Å². The van der Waals surface area contributed by atoms with Gasteiger partial charge in [0, 0.05) is 18.0 Å². The van der Waals surface area contributed by atoms with Gasteiger partial charge < -0.3 is 5.32 Å². The third kappa shape index (κ3) is 3.07. The fourth-order valence-corrected chi connectivity index (χ4v) is 1.65. The van der Waals surface area contributed by atoms with E-state index in [1.54, 1.807) is 0 Å². The molecule has 2 rings (SSSR count). The minimum atomic E-state index is -0.975. The first-order chi connectivity index (χ1) is 9.47. The molecule has 0 aliphatic carbocycles. The van der Waals surface area contributed by atoms with Gasteiger partial charge in [-0.25, -0.2) is 9.37 Å². The SMILES string of the molecule is O=C(Nc1ccnc(Cl)c1)c1ccc([N+](=O)[O-])cc1F. The summed E-state index contributed by atoms with van der Waals surface area (Å²) in [7, 11) is 0. The molecule has 6 nitrogen and oxygen atoms in total. The number of amides is 1. The van der Waals surface area contributed by atoms with Crippen molar-refractivity contribution in [1.29, 1.82) is 0 Å². The summed E-state index contributed by atoms with van der Waals surface area (Å²) in [5.74, 6) is -1.71. The topological polar surface area (TPSA) is 85.1 Å². The Kier molecular flexibility index (Phi) is 3.90. The van der Waals surface area contributed by atoms with Crippen LogP contribution in [0.5, 0.6) is 0 Å². The van der Waals surface area contributed by atoms with Gasteiger partial charge in [-0.3, -0.25) is 14.9 Å². The first kappa shape index (κ1) is 13.9. The molecule has 1 heterocycles. The number of nitrogens with zero attached hydrogens (tertiary/aromatic N) is 2. The predicted octanol–water partition coefficient (Wildman–Crippen LogP) is 3.03. The van der Waals surface area contributed by atoms with Crippen molar-refractivity contribution in [3.8, 4) is 0 Å². The van der Waals surface area contributed by atoms with E-state index >= 15 is 0 Å². The van der Waals surface area contributed by atoms with Gasteiger partial charge in [0.25, 0.3) is 11.6 Å². The van der Waals surface area contributed by atoms with Crippen molar-refractivity contribution in [3.05, 3.63) is 63.2 Å². The van der Waals surface area contributed by atoms with E-state index in [9.17, 15) is 19.3 Å². The lowest BCUT2D eigenvalue weighted by atomic mass is 10.1. The van der Waals surface area contributed by atoms with Gasteiger partial charge in [-0.2, -0.15) is 0 Å². The average molecular weight is 296 g/mol. The molecule has 0 spiro atoms. The third-order valence-corrected chi connectivity index (χ3v) is 2.60. The van der Waals surface area contributed by atoms with Crippen LogP contribution in [0, 0.1) is 15.9 Å². The number of hydrogen-bond donors (Lipinski definition) is 1. The molecule has 0 bridgehead atoms. The van der Waals surface area contributed by atoms with Crippen LogP contribution in [0.2, 0.25) is 5.15 Å². The van der Waals surface area contributed by atoms with Gasteiger partial charge in [-0.15, -0.1) is 0 Å². The number of carbonyl (C=O) groups is 1. The molecule has 0 unspecified atom stereocenters. The van der Waals surface area contributed by atoms with E-state index in [-0.39, 0.29) is 10.7 Å². The standard InChI is InChI=1S/C12H7ClFN3O3/c13-11-5-7(3-4-15-11)16-12(18)9-2-1-8(17(19)20)6-10(9)14/h1-6H,(H,15,16,18). The smallest absolute Gasteiger partial charge is 0.272 e. The zero-order chi connectivity index (χ0) is 14.7. The van der Waals surface area contributed by atoms with Crippen molar-refractivity contribution in [1.82, 2.24) is 4.98 Å². The van der Waals surface area contributed by atoms with Gasteiger partial charge in [0.05, 0.1) is 16.6 Å². The molecule has 0 saturated carbocycles. The molecule has 1 aromatic heterocycles. The lowest BCUT2D eigenvalue weighted by molar-refractivity contribution is -0.385. The van der Waals surface area contributed by atoms with Crippen molar-refractivity contribution >= 4 is 28.9 Å². The predicted molar refractivity (Wildman–Crippen MR) is 70.3 cm³/mol. The van der Waals surface area contributed by atoms with E-state index in [0.29, 0.717) is 11.8 Å². The van der Waals surface area contributed by atoms with Crippen LogP contribution in [0.25, 0.3) is 0 Å². The van der Waals surface area contributed by atoms with Gasteiger partial charge in [0.1, 0.15) is 11.0 Å². The summed E-state index contributed by atoms with van der Waals surface area (Å²) in [6.45, 7) is 0. The molecule has 0 aliphatic rings. The maximum Gasteiger partial charge on any atom is 0.272 e. The highest BCUT2D eigenvalue weighted by Crippen LogP contribution is 2.18. The lowest BCUT2D eigenvalue weighted by Crippen LogP contribution is -2.14. The fraction of sp³-hybridized carbons (Fsp3) is 0. The Morgan fingerprint density at radius 1 is 1.35 bits per heavy atom. The number of carbonyl (C=O) groups excluding carboxylic acids is 1. The van der Waals surface area contributed by atoms with Crippen molar-refractivity contribution in [2.24, 2.45) is 0 Å². The molecule has 0 atom stereocenters. The van der Waals surface area contributed by atoms with Crippen LogP contribution in [0.4, 0.5) is 15.8 Å². The quantitative estimate of drug-likeness (QED) is 0.536. The van der Waals surface area contributed by atoms with Gasteiger partial charge in [0.2, 0.25) is 0 Å². The maximum atomic E-state index is 13.6. The Labute approximate surface area is 117 Å². The van der Waals surface area contributed by atoms with E-state index in [4.69, 9.17) is 11.6 Å². The zero-order valence-electron chi connectivity index (χ0n) is 9.84. The number of hydrogen-bond acceptors (Lipinski definition) is 4. The Morgan fingerprint density at radius 3 is 2.70 bits per heavy atom. The van der Waals surface area contributed by atoms with Crippen LogP contribution in [0.3, 0.4) is 0 Å². The largest absolute Gasteiger partial charge is 0.322 e. The monoisotopic (exact) mass is 295 g/mol. The van der Waals surface area contributed by atoms with Crippen LogP contribution in [0.15, 0.2) is 36.5 Å². The zero-order valence-corrected chi connectivity index (χ0v) is 10.6. The molecule has 2 aromatic rings. The Morgan fingerprint density at radius 2 is 2.10 bits per heavy atom. The van der Waals surface area contributed by atoms with Gasteiger partial charge in [-0.05, 0) is 18.2 Å².